The van der Waals surface area contributed by atoms with Crippen molar-refractivity contribution >= 4 is 41.5 Å². The standard InChI is InChI=1S/C24H39N5O.HI/c1-3-25-24(26-14-4-5-15-28-16-6-8-20(2)19-28)27-18-21-10-12-22(13-11-21)29-17-7-9-23(29)30;/h10-13,20H,3-9,14-19H2,1-2H3,(H2,25,26,27);1H. The lowest BCUT2D eigenvalue weighted by Crippen LogP contribution is -2.38. The number of anilines is 1. The quantitative estimate of drug-likeness (QED) is 0.215. The number of carbonyl (C=O) groups excluding carboxylic acids is 1. The van der Waals surface area contributed by atoms with Crippen molar-refractivity contribution in [3.8, 4) is 0 Å². The fraction of sp³-hybridized carbons (Fsp3) is 0.667. The zero-order chi connectivity index (χ0) is 21.2. The molecule has 3 rings (SSSR count). The van der Waals surface area contributed by atoms with Crippen LogP contribution < -0.4 is 15.5 Å². The number of aliphatic imine (C=N–C) groups is 1. The fourth-order valence-corrected chi connectivity index (χ4v) is 4.37. The lowest BCUT2D eigenvalue weighted by molar-refractivity contribution is -0.117. The summed E-state index contributed by atoms with van der Waals surface area (Å²) in [6.07, 6.45) is 6.76. The van der Waals surface area contributed by atoms with Gasteiger partial charge in [-0.2, -0.15) is 0 Å². The molecule has 6 nitrogen and oxygen atoms in total. The Kier molecular flexibility index (Phi) is 11.6. The van der Waals surface area contributed by atoms with Crippen LogP contribution >= 0.6 is 24.0 Å². The lowest BCUT2D eigenvalue weighted by Gasteiger charge is -2.30. The monoisotopic (exact) mass is 541 g/mol. The largest absolute Gasteiger partial charge is 0.357 e. The van der Waals surface area contributed by atoms with Crippen LogP contribution in [0.3, 0.4) is 0 Å². The summed E-state index contributed by atoms with van der Waals surface area (Å²) in [5, 5.41) is 6.80. The summed E-state index contributed by atoms with van der Waals surface area (Å²) < 4.78 is 0. The van der Waals surface area contributed by atoms with Crippen molar-refractivity contribution in [3.63, 3.8) is 0 Å². The molecule has 2 fully saturated rings. The molecule has 31 heavy (non-hydrogen) atoms. The number of likely N-dealkylation sites (tertiary alicyclic amines) is 1. The lowest BCUT2D eigenvalue weighted by atomic mass is 10.0. The van der Waals surface area contributed by atoms with E-state index in [1.165, 1.54) is 38.9 Å². The van der Waals surface area contributed by atoms with Crippen molar-refractivity contribution in [1.82, 2.24) is 15.5 Å². The zero-order valence-corrected chi connectivity index (χ0v) is 21.6. The number of guanidine groups is 1. The highest BCUT2D eigenvalue weighted by atomic mass is 127. The van der Waals surface area contributed by atoms with Crippen molar-refractivity contribution < 1.29 is 4.79 Å². The molecule has 1 atom stereocenters. The Balaban J connectivity index is 0.00000341. The summed E-state index contributed by atoms with van der Waals surface area (Å²) >= 11 is 0. The summed E-state index contributed by atoms with van der Waals surface area (Å²) in [5.74, 6) is 1.96. The van der Waals surface area contributed by atoms with Gasteiger partial charge in [0.2, 0.25) is 5.91 Å². The number of benzene rings is 1. The number of hydrogen-bond acceptors (Lipinski definition) is 3. The topological polar surface area (TPSA) is 60.0 Å². The third-order valence-corrected chi connectivity index (χ3v) is 6.02. The van der Waals surface area contributed by atoms with Crippen LogP contribution in [-0.4, -0.2) is 56.0 Å². The van der Waals surface area contributed by atoms with Gasteiger partial charge in [0.25, 0.3) is 0 Å². The van der Waals surface area contributed by atoms with Gasteiger partial charge in [-0.15, -0.1) is 24.0 Å². The number of hydrogen-bond donors (Lipinski definition) is 2. The average molecular weight is 542 g/mol. The van der Waals surface area contributed by atoms with Crippen molar-refractivity contribution in [3.05, 3.63) is 29.8 Å². The highest BCUT2D eigenvalue weighted by molar-refractivity contribution is 14.0. The Morgan fingerprint density at radius 2 is 1.94 bits per heavy atom. The van der Waals surface area contributed by atoms with Gasteiger partial charge in [0.1, 0.15) is 0 Å². The second kappa shape index (κ2) is 13.9. The Labute approximate surface area is 205 Å². The molecule has 1 unspecified atom stereocenters. The van der Waals surface area contributed by atoms with Gasteiger partial charge >= 0.3 is 0 Å². The Morgan fingerprint density at radius 1 is 1.13 bits per heavy atom. The number of nitrogens with one attached hydrogen (secondary N) is 2. The van der Waals surface area contributed by atoms with E-state index in [9.17, 15) is 4.79 Å². The molecule has 0 spiro atoms. The molecule has 1 amide bonds. The predicted octanol–water partition coefficient (Wildman–Crippen LogP) is 4.00. The predicted molar refractivity (Wildman–Crippen MR) is 140 cm³/mol. The van der Waals surface area contributed by atoms with Gasteiger partial charge in [-0.05, 0) is 75.7 Å². The van der Waals surface area contributed by atoms with Gasteiger partial charge < -0.3 is 20.4 Å². The van der Waals surface area contributed by atoms with E-state index in [-0.39, 0.29) is 29.9 Å². The van der Waals surface area contributed by atoms with Crippen LogP contribution in [0.1, 0.15) is 57.9 Å². The smallest absolute Gasteiger partial charge is 0.227 e. The maximum Gasteiger partial charge on any atom is 0.227 e. The second-order valence-corrected chi connectivity index (χ2v) is 8.69. The minimum atomic E-state index is 0. The summed E-state index contributed by atoms with van der Waals surface area (Å²) in [6.45, 7) is 11.5. The van der Waals surface area contributed by atoms with Crippen molar-refractivity contribution in [2.24, 2.45) is 10.9 Å². The van der Waals surface area contributed by atoms with Gasteiger partial charge in [-0.1, -0.05) is 19.1 Å². The third-order valence-electron chi connectivity index (χ3n) is 6.02. The minimum absolute atomic E-state index is 0. The van der Waals surface area contributed by atoms with Crippen LogP contribution in [0, 0.1) is 5.92 Å². The molecule has 0 aromatic heterocycles. The second-order valence-electron chi connectivity index (χ2n) is 8.69. The van der Waals surface area contributed by atoms with Crippen LogP contribution in [0.5, 0.6) is 0 Å². The molecule has 0 radical (unpaired) electrons. The van der Waals surface area contributed by atoms with Crippen LogP contribution in [0.4, 0.5) is 5.69 Å². The van der Waals surface area contributed by atoms with Crippen LogP contribution in [0.15, 0.2) is 29.3 Å². The molecule has 174 valence electrons. The Hall–Kier alpha value is -1.35. The molecule has 7 heteroatoms. The number of piperidine rings is 1. The maximum atomic E-state index is 11.9. The van der Waals surface area contributed by atoms with E-state index < -0.39 is 0 Å². The number of amides is 1. The summed E-state index contributed by atoms with van der Waals surface area (Å²) in [4.78, 5) is 21.1. The molecule has 2 N–H and O–H groups in total. The van der Waals surface area contributed by atoms with Crippen LogP contribution in [0.2, 0.25) is 0 Å². The molecule has 1 aromatic carbocycles. The molecular weight excluding hydrogens is 501 g/mol. The van der Waals surface area contributed by atoms with E-state index in [0.717, 1.165) is 55.6 Å². The van der Waals surface area contributed by atoms with Crippen LogP contribution in [-0.2, 0) is 11.3 Å². The average Bonchev–Trinajstić information content (AvgIpc) is 3.18. The molecule has 1 aromatic rings. The van der Waals surface area contributed by atoms with Crippen molar-refractivity contribution in [1.29, 1.82) is 0 Å². The summed E-state index contributed by atoms with van der Waals surface area (Å²) in [5.41, 5.74) is 2.15. The van der Waals surface area contributed by atoms with E-state index in [2.05, 4.69) is 41.5 Å². The number of rotatable bonds is 9. The molecular formula is C24H40IN5O. The Bertz CT molecular complexity index is 694. The minimum Gasteiger partial charge on any atom is -0.357 e. The first-order valence-electron chi connectivity index (χ1n) is 11.8. The molecule has 2 heterocycles. The van der Waals surface area contributed by atoms with Gasteiger partial charge in [-0.25, -0.2) is 4.99 Å². The van der Waals surface area contributed by atoms with Crippen molar-refractivity contribution in [2.75, 3.05) is 44.2 Å². The first-order valence-corrected chi connectivity index (χ1v) is 11.8. The summed E-state index contributed by atoms with van der Waals surface area (Å²) in [7, 11) is 0. The van der Waals surface area contributed by atoms with E-state index in [0.29, 0.717) is 13.0 Å². The number of halogens is 1. The zero-order valence-electron chi connectivity index (χ0n) is 19.2. The number of nitrogens with zero attached hydrogens (tertiary/aromatic N) is 3. The highest BCUT2D eigenvalue weighted by Crippen LogP contribution is 2.21. The molecule has 0 bridgehead atoms. The number of unbranched alkanes of at least 4 members (excludes halogenated alkanes) is 1. The Morgan fingerprint density at radius 3 is 2.61 bits per heavy atom. The molecule has 0 saturated carbocycles. The van der Waals surface area contributed by atoms with Crippen molar-refractivity contribution in [2.45, 2.75) is 58.9 Å². The van der Waals surface area contributed by atoms with E-state index in [4.69, 9.17) is 4.99 Å². The van der Waals surface area contributed by atoms with Crippen LogP contribution in [0.25, 0.3) is 0 Å². The molecule has 2 aliphatic heterocycles. The van der Waals surface area contributed by atoms with E-state index in [1.807, 2.05) is 17.0 Å². The first kappa shape index (κ1) is 25.9. The third kappa shape index (κ3) is 8.60. The van der Waals surface area contributed by atoms with E-state index >= 15 is 0 Å². The normalized spacial score (nSPS) is 19.9. The van der Waals surface area contributed by atoms with Gasteiger partial charge in [0.15, 0.2) is 5.96 Å². The molecule has 0 aliphatic carbocycles. The SMILES string of the molecule is CCNC(=NCc1ccc(N2CCCC2=O)cc1)NCCCCN1CCCC(C)C1.I. The van der Waals surface area contributed by atoms with Gasteiger partial charge in [0.05, 0.1) is 6.54 Å². The maximum absolute atomic E-state index is 11.9. The summed E-state index contributed by atoms with van der Waals surface area (Å²) in [6, 6.07) is 8.23. The fourth-order valence-electron chi connectivity index (χ4n) is 4.37. The number of carbonyl (C=O) groups is 1. The molecule has 2 saturated heterocycles. The molecule has 2 aliphatic rings. The van der Waals surface area contributed by atoms with Gasteiger partial charge in [-0.3, -0.25) is 4.79 Å². The first-order chi connectivity index (χ1) is 14.7. The van der Waals surface area contributed by atoms with E-state index in [1.54, 1.807) is 0 Å². The highest BCUT2D eigenvalue weighted by Gasteiger charge is 2.21. The van der Waals surface area contributed by atoms with Gasteiger partial charge in [0, 0.05) is 38.3 Å².